The molecule has 6 bridgehead atoms. The van der Waals surface area contributed by atoms with Crippen molar-refractivity contribution in [1.29, 1.82) is 0 Å². The fraction of sp³-hybridized carbons (Fsp3) is 0.630. The molecule has 2 aliphatic heterocycles. The molecular formula is C27H40N4O8. The first kappa shape index (κ1) is 29.4. The minimum Gasteiger partial charge on any atom is -0.476 e. The minimum atomic E-state index is 0.0831. The Hall–Kier alpha value is -2.58. The van der Waals surface area contributed by atoms with E-state index >= 15 is 0 Å². The normalized spacial score (nSPS) is 23.8. The quantitative estimate of drug-likeness (QED) is 0.445. The summed E-state index contributed by atoms with van der Waals surface area (Å²) in [6, 6.07) is 11.1. The van der Waals surface area contributed by atoms with E-state index < -0.39 is 0 Å². The summed E-state index contributed by atoms with van der Waals surface area (Å²) < 4.78 is 46.2. The van der Waals surface area contributed by atoms with Crippen molar-refractivity contribution in [3.8, 4) is 17.6 Å². The van der Waals surface area contributed by atoms with E-state index in [2.05, 4.69) is 19.8 Å². The predicted molar refractivity (Wildman–Crippen MR) is 141 cm³/mol. The highest BCUT2D eigenvalue weighted by molar-refractivity contribution is 5.19. The third-order valence-corrected chi connectivity index (χ3v) is 6.10. The second-order valence-electron chi connectivity index (χ2n) is 8.93. The molecule has 0 amide bonds. The lowest BCUT2D eigenvalue weighted by atomic mass is 10.3. The number of hydrogen-bond acceptors (Lipinski definition) is 12. The van der Waals surface area contributed by atoms with Crippen LogP contribution in [0.5, 0.6) is 17.6 Å². The Balaban J connectivity index is 1.42. The van der Waals surface area contributed by atoms with Gasteiger partial charge in [-0.15, -0.1) is 0 Å². The van der Waals surface area contributed by atoms with Crippen molar-refractivity contribution in [2.45, 2.75) is 6.61 Å². The summed E-state index contributed by atoms with van der Waals surface area (Å²) in [4.78, 5) is 13.4. The largest absolute Gasteiger partial charge is 0.476 e. The van der Waals surface area contributed by atoms with E-state index in [1.807, 2.05) is 24.3 Å². The molecule has 0 saturated carbocycles. The van der Waals surface area contributed by atoms with E-state index in [0.717, 1.165) is 25.3 Å². The van der Waals surface area contributed by atoms with Crippen LogP contribution in [-0.4, -0.2) is 125 Å². The smallest absolute Gasteiger partial charge is 0.218 e. The van der Waals surface area contributed by atoms with Gasteiger partial charge < -0.3 is 37.9 Å². The zero-order chi connectivity index (χ0) is 26.8. The first-order valence-electron chi connectivity index (χ1n) is 13.5. The topological polar surface area (TPSA) is 106 Å². The molecule has 0 saturated heterocycles. The van der Waals surface area contributed by atoms with Gasteiger partial charge >= 0.3 is 0 Å². The van der Waals surface area contributed by atoms with Crippen LogP contribution >= 0.6 is 0 Å². The summed E-state index contributed by atoms with van der Waals surface area (Å²) in [6.45, 7) is 9.21. The van der Waals surface area contributed by atoms with Crippen molar-refractivity contribution in [3.63, 3.8) is 0 Å². The van der Waals surface area contributed by atoms with Crippen molar-refractivity contribution in [1.82, 2.24) is 19.8 Å². The third-order valence-electron chi connectivity index (χ3n) is 6.10. The van der Waals surface area contributed by atoms with Crippen LogP contribution in [-0.2, 0) is 30.3 Å². The molecule has 2 aliphatic rings. The standard InChI is InChI=1S/C27H40N4O8/c1-3-24-21-34-15-9-30-7-13-32-19-20-33-14-8-31(12-18-37-25(4-1)28-24)11-17-36-23-39-27-6-2-5-26(29-27)38-22-35-16-10-30/h1-6H,7-23H2. The van der Waals surface area contributed by atoms with Crippen LogP contribution in [0, 0.1) is 0 Å². The number of aromatic nitrogens is 2. The zero-order valence-electron chi connectivity index (χ0n) is 22.5. The van der Waals surface area contributed by atoms with Crippen LogP contribution in [0.25, 0.3) is 0 Å². The van der Waals surface area contributed by atoms with Crippen LogP contribution in [0.2, 0.25) is 0 Å². The molecule has 0 N–H and O–H groups in total. The number of nitrogens with zero attached hydrogens (tertiary/aromatic N) is 4. The van der Waals surface area contributed by atoms with Gasteiger partial charge in [-0.25, -0.2) is 4.98 Å². The first-order valence-corrected chi connectivity index (χ1v) is 13.5. The van der Waals surface area contributed by atoms with E-state index in [0.29, 0.717) is 96.7 Å². The molecule has 216 valence electrons. The molecule has 0 aromatic carbocycles. The average molecular weight is 549 g/mol. The summed E-state index contributed by atoms with van der Waals surface area (Å²) in [6.07, 6.45) is 0. The number of fused-ring (bicyclic) bond motifs is 13. The van der Waals surface area contributed by atoms with Gasteiger partial charge in [-0.3, -0.25) is 9.80 Å². The van der Waals surface area contributed by atoms with Crippen molar-refractivity contribution in [2.75, 3.05) is 106 Å². The molecule has 12 nitrogen and oxygen atoms in total. The summed E-state index contributed by atoms with van der Waals surface area (Å²) >= 11 is 0. The fourth-order valence-electron chi connectivity index (χ4n) is 3.91. The second kappa shape index (κ2) is 17.9. The van der Waals surface area contributed by atoms with Crippen molar-refractivity contribution in [3.05, 3.63) is 42.1 Å². The second-order valence-corrected chi connectivity index (χ2v) is 8.93. The molecule has 2 unspecified atom stereocenters. The highest BCUT2D eigenvalue weighted by Crippen LogP contribution is 2.14. The highest BCUT2D eigenvalue weighted by Gasteiger charge is 2.10. The molecule has 12 heteroatoms. The number of pyridine rings is 2. The monoisotopic (exact) mass is 548 g/mol. The maximum Gasteiger partial charge on any atom is 0.218 e. The highest BCUT2D eigenvalue weighted by atomic mass is 16.7. The first-order chi connectivity index (χ1) is 19.3. The van der Waals surface area contributed by atoms with E-state index in [4.69, 9.17) is 37.9 Å². The van der Waals surface area contributed by atoms with Gasteiger partial charge in [0.05, 0.1) is 58.5 Å². The lowest BCUT2D eigenvalue weighted by Gasteiger charge is -2.23. The van der Waals surface area contributed by atoms with Crippen molar-refractivity contribution in [2.24, 2.45) is 0 Å². The molecule has 0 fully saturated rings. The van der Waals surface area contributed by atoms with E-state index in [-0.39, 0.29) is 13.6 Å². The van der Waals surface area contributed by atoms with Crippen LogP contribution in [0.1, 0.15) is 5.69 Å². The lowest BCUT2D eigenvalue weighted by Crippen LogP contribution is -2.35. The molecule has 4 rings (SSSR count). The van der Waals surface area contributed by atoms with Crippen molar-refractivity contribution < 1.29 is 37.9 Å². The van der Waals surface area contributed by atoms with Crippen LogP contribution in [0.4, 0.5) is 0 Å². The van der Waals surface area contributed by atoms with Gasteiger partial charge in [0.2, 0.25) is 17.6 Å². The lowest BCUT2D eigenvalue weighted by molar-refractivity contribution is -0.00796. The summed E-state index contributed by atoms with van der Waals surface area (Å²) in [5, 5.41) is 0. The van der Waals surface area contributed by atoms with E-state index in [1.54, 1.807) is 12.1 Å². The van der Waals surface area contributed by atoms with Gasteiger partial charge in [-0.2, -0.15) is 4.98 Å². The Bertz CT molecular complexity index is 940. The zero-order valence-corrected chi connectivity index (χ0v) is 22.5. The van der Waals surface area contributed by atoms with Gasteiger partial charge in [-0.1, -0.05) is 12.1 Å². The maximum atomic E-state index is 5.95. The Morgan fingerprint density at radius 1 is 0.462 bits per heavy atom. The maximum absolute atomic E-state index is 5.95. The summed E-state index contributed by atoms with van der Waals surface area (Å²) in [7, 11) is 0. The molecular weight excluding hydrogens is 508 g/mol. The van der Waals surface area contributed by atoms with E-state index in [9.17, 15) is 0 Å². The number of hydrogen-bond donors (Lipinski definition) is 0. The molecule has 2 atom stereocenters. The molecule has 0 spiro atoms. The van der Waals surface area contributed by atoms with Crippen LogP contribution < -0.4 is 14.2 Å². The third kappa shape index (κ3) is 12.0. The van der Waals surface area contributed by atoms with Crippen molar-refractivity contribution >= 4 is 0 Å². The average Bonchev–Trinajstić information content (AvgIpc) is 2.95. The van der Waals surface area contributed by atoms with Crippen LogP contribution in [0.3, 0.4) is 0 Å². The van der Waals surface area contributed by atoms with Gasteiger partial charge in [-0.05, 0) is 6.07 Å². The molecule has 0 aliphatic carbocycles. The molecule has 2 aromatic heterocycles. The summed E-state index contributed by atoms with van der Waals surface area (Å²) in [5.41, 5.74) is 0.832. The Morgan fingerprint density at radius 2 is 0.949 bits per heavy atom. The Labute approximate surface area is 230 Å². The van der Waals surface area contributed by atoms with E-state index in [1.165, 1.54) is 0 Å². The fourth-order valence-corrected chi connectivity index (χ4v) is 3.91. The summed E-state index contributed by atoms with van der Waals surface area (Å²) in [5.74, 6) is 1.44. The van der Waals surface area contributed by atoms with Gasteiger partial charge in [0.25, 0.3) is 0 Å². The molecule has 4 heterocycles. The SMILES string of the molecule is c1cc2nc(c1)OCCN1CCOCCOCCN(CCOCOc3cccc(n3)OCOCC1)CCOC2. The Morgan fingerprint density at radius 3 is 1.56 bits per heavy atom. The van der Waals surface area contributed by atoms with Gasteiger partial charge in [0.1, 0.15) is 6.61 Å². The molecule has 39 heavy (non-hydrogen) atoms. The van der Waals surface area contributed by atoms with Gasteiger partial charge in [0, 0.05) is 57.5 Å². The number of rotatable bonds is 0. The Kier molecular flexibility index (Phi) is 13.5. The van der Waals surface area contributed by atoms with Gasteiger partial charge in [0.15, 0.2) is 13.6 Å². The molecule has 2 aromatic rings. The molecule has 0 radical (unpaired) electrons. The predicted octanol–water partition coefficient (Wildman–Crippen LogP) is 1.44. The van der Waals surface area contributed by atoms with Crippen LogP contribution in [0.15, 0.2) is 36.4 Å². The number of ether oxygens (including phenoxy) is 8. The minimum absolute atomic E-state index is 0.0831.